The number of rotatable bonds is 8. The fourth-order valence-corrected chi connectivity index (χ4v) is 2.36. The fourth-order valence-electron chi connectivity index (χ4n) is 2.36. The van der Waals surface area contributed by atoms with E-state index in [1.54, 1.807) is 17.3 Å². The number of ether oxygens (including phenoxy) is 1. The van der Waals surface area contributed by atoms with E-state index < -0.39 is 0 Å². The van der Waals surface area contributed by atoms with Gasteiger partial charge < -0.3 is 15.0 Å². The third-order valence-corrected chi connectivity index (χ3v) is 3.64. The van der Waals surface area contributed by atoms with Gasteiger partial charge in [-0.05, 0) is 48.9 Å². The van der Waals surface area contributed by atoms with Crippen LogP contribution in [0, 0.1) is 0 Å². The van der Waals surface area contributed by atoms with Crippen molar-refractivity contribution in [2.45, 2.75) is 26.8 Å². The Bertz CT molecular complexity index is 687. The molecular formula is C19H23N3O3. The number of nitrogens with zero attached hydrogens (tertiary/aromatic N) is 2. The molecule has 6 heteroatoms. The Labute approximate surface area is 147 Å². The molecule has 0 fully saturated rings. The van der Waals surface area contributed by atoms with Crippen LogP contribution in [0.4, 0.5) is 5.69 Å². The summed E-state index contributed by atoms with van der Waals surface area (Å²) in [5.74, 6) is 0.546. The Morgan fingerprint density at radius 3 is 2.40 bits per heavy atom. The van der Waals surface area contributed by atoms with Crippen molar-refractivity contribution in [1.29, 1.82) is 0 Å². The minimum absolute atomic E-state index is 0.103. The number of carbonyl (C=O) groups excluding carboxylic acids is 2. The van der Waals surface area contributed by atoms with Crippen molar-refractivity contribution in [3.05, 3.63) is 54.4 Å². The van der Waals surface area contributed by atoms with E-state index in [0.717, 1.165) is 17.0 Å². The predicted octanol–water partition coefficient (Wildman–Crippen LogP) is 2.54. The van der Waals surface area contributed by atoms with Crippen molar-refractivity contribution in [2.75, 3.05) is 18.1 Å². The summed E-state index contributed by atoms with van der Waals surface area (Å²) in [6, 6.07) is 11.0. The molecule has 2 amide bonds. The molecule has 0 aliphatic heterocycles. The second kappa shape index (κ2) is 9.42. The lowest BCUT2D eigenvalue weighted by Gasteiger charge is -2.21. The first-order valence-electron chi connectivity index (χ1n) is 8.26. The summed E-state index contributed by atoms with van der Waals surface area (Å²) in [4.78, 5) is 29.5. The molecule has 0 radical (unpaired) electrons. The quantitative estimate of drug-likeness (QED) is 0.801. The molecule has 1 N–H and O–H groups in total. The molecule has 2 aromatic rings. The number of amides is 2. The first-order chi connectivity index (χ1) is 12.1. The number of anilines is 1. The molecule has 0 spiro atoms. The highest BCUT2D eigenvalue weighted by Crippen LogP contribution is 2.20. The van der Waals surface area contributed by atoms with Gasteiger partial charge in [0.1, 0.15) is 5.75 Å². The smallest absolute Gasteiger partial charge is 0.223 e. The molecular weight excluding hydrogens is 318 g/mol. The molecule has 0 saturated heterocycles. The van der Waals surface area contributed by atoms with Gasteiger partial charge in [0, 0.05) is 44.5 Å². The molecule has 0 bridgehead atoms. The Hall–Kier alpha value is -2.89. The van der Waals surface area contributed by atoms with E-state index in [1.165, 1.54) is 6.92 Å². The lowest BCUT2D eigenvalue weighted by molar-refractivity contribution is -0.121. The maximum absolute atomic E-state index is 12.0. The van der Waals surface area contributed by atoms with Crippen LogP contribution in [-0.2, 0) is 16.1 Å². The summed E-state index contributed by atoms with van der Waals surface area (Å²) >= 11 is 0. The largest absolute Gasteiger partial charge is 0.494 e. The SMILES string of the molecule is CCOc1ccc(N(CCC(=O)NCc2ccncc2)C(C)=O)cc1. The number of hydrogen-bond acceptors (Lipinski definition) is 4. The summed E-state index contributed by atoms with van der Waals surface area (Å²) in [6.45, 7) is 4.77. The average Bonchev–Trinajstić information content (AvgIpc) is 2.62. The van der Waals surface area contributed by atoms with Crippen molar-refractivity contribution >= 4 is 17.5 Å². The van der Waals surface area contributed by atoms with Crippen LogP contribution in [0.5, 0.6) is 5.75 Å². The monoisotopic (exact) mass is 341 g/mol. The second-order valence-corrected chi connectivity index (χ2v) is 5.48. The number of aromatic nitrogens is 1. The maximum atomic E-state index is 12.0. The Morgan fingerprint density at radius 2 is 1.80 bits per heavy atom. The van der Waals surface area contributed by atoms with Crippen molar-refractivity contribution in [2.24, 2.45) is 0 Å². The maximum Gasteiger partial charge on any atom is 0.223 e. The summed E-state index contributed by atoms with van der Waals surface area (Å²) in [6.07, 6.45) is 3.60. The summed E-state index contributed by atoms with van der Waals surface area (Å²) in [5, 5.41) is 2.85. The Morgan fingerprint density at radius 1 is 1.12 bits per heavy atom. The van der Waals surface area contributed by atoms with E-state index in [0.29, 0.717) is 19.7 Å². The molecule has 2 rings (SSSR count). The van der Waals surface area contributed by atoms with E-state index >= 15 is 0 Å². The van der Waals surface area contributed by atoms with Crippen molar-refractivity contribution in [3.63, 3.8) is 0 Å². The summed E-state index contributed by atoms with van der Waals surface area (Å²) in [7, 11) is 0. The van der Waals surface area contributed by atoms with Crippen LogP contribution in [0.3, 0.4) is 0 Å². The van der Waals surface area contributed by atoms with E-state index in [2.05, 4.69) is 10.3 Å². The van der Waals surface area contributed by atoms with Gasteiger partial charge in [0.25, 0.3) is 0 Å². The third kappa shape index (κ3) is 5.91. The van der Waals surface area contributed by atoms with Crippen molar-refractivity contribution in [3.8, 4) is 5.75 Å². The number of benzene rings is 1. The van der Waals surface area contributed by atoms with Crippen LogP contribution in [0.2, 0.25) is 0 Å². The summed E-state index contributed by atoms with van der Waals surface area (Å²) in [5.41, 5.74) is 1.73. The third-order valence-electron chi connectivity index (χ3n) is 3.64. The number of hydrogen-bond donors (Lipinski definition) is 1. The molecule has 1 aromatic carbocycles. The van der Waals surface area contributed by atoms with Gasteiger partial charge in [-0.25, -0.2) is 0 Å². The van der Waals surface area contributed by atoms with E-state index in [1.807, 2.05) is 43.3 Å². The van der Waals surface area contributed by atoms with Crippen LogP contribution >= 0.6 is 0 Å². The van der Waals surface area contributed by atoms with E-state index in [9.17, 15) is 9.59 Å². The molecule has 25 heavy (non-hydrogen) atoms. The number of pyridine rings is 1. The minimum atomic E-state index is -0.105. The van der Waals surface area contributed by atoms with Gasteiger partial charge in [0.05, 0.1) is 6.61 Å². The van der Waals surface area contributed by atoms with Crippen LogP contribution < -0.4 is 15.0 Å². The van der Waals surface area contributed by atoms with E-state index in [-0.39, 0.29) is 18.2 Å². The average molecular weight is 341 g/mol. The highest BCUT2D eigenvalue weighted by Gasteiger charge is 2.13. The normalized spacial score (nSPS) is 10.2. The molecule has 0 aliphatic carbocycles. The molecule has 0 atom stereocenters. The Kier molecular flexibility index (Phi) is 6.95. The topological polar surface area (TPSA) is 71.5 Å². The standard InChI is InChI=1S/C19H23N3O3/c1-3-25-18-6-4-17(5-7-18)22(15(2)23)13-10-19(24)21-14-16-8-11-20-12-9-16/h4-9,11-12H,3,10,13-14H2,1-2H3,(H,21,24). The second-order valence-electron chi connectivity index (χ2n) is 5.48. The Balaban J connectivity index is 1.88. The lowest BCUT2D eigenvalue weighted by atomic mass is 10.2. The van der Waals surface area contributed by atoms with Gasteiger partial charge in [-0.3, -0.25) is 14.6 Å². The van der Waals surface area contributed by atoms with Crippen LogP contribution in [0.15, 0.2) is 48.8 Å². The van der Waals surface area contributed by atoms with Gasteiger partial charge >= 0.3 is 0 Å². The first-order valence-corrected chi connectivity index (χ1v) is 8.26. The van der Waals surface area contributed by atoms with Gasteiger partial charge in [-0.2, -0.15) is 0 Å². The molecule has 0 aliphatic rings. The van der Waals surface area contributed by atoms with Gasteiger partial charge in [0.15, 0.2) is 0 Å². The van der Waals surface area contributed by atoms with Crippen LogP contribution in [0.1, 0.15) is 25.8 Å². The molecule has 6 nitrogen and oxygen atoms in total. The zero-order valence-corrected chi connectivity index (χ0v) is 14.6. The number of nitrogens with one attached hydrogen (secondary N) is 1. The predicted molar refractivity (Wildman–Crippen MR) is 96.3 cm³/mol. The highest BCUT2D eigenvalue weighted by molar-refractivity contribution is 5.92. The van der Waals surface area contributed by atoms with Gasteiger partial charge in [0.2, 0.25) is 11.8 Å². The number of carbonyl (C=O) groups is 2. The van der Waals surface area contributed by atoms with Gasteiger partial charge in [-0.15, -0.1) is 0 Å². The van der Waals surface area contributed by atoms with Crippen molar-refractivity contribution in [1.82, 2.24) is 10.3 Å². The molecule has 1 heterocycles. The molecule has 0 unspecified atom stereocenters. The van der Waals surface area contributed by atoms with Crippen LogP contribution in [0.25, 0.3) is 0 Å². The van der Waals surface area contributed by atoms with Gasteiger partial charge in [-0.1, -0.05) is 0 Å². The lowest BCUT2D eigenvalue weighted by Crippen LogP contribution is -2.33. The van der Waals surface area contributed by atoms with Crippen molar-refractivity contribution < 1.29 is 14.3 Å². The van der Waals surface area contributed by atoms with Crippen LogP contribution in [-0.4, -0.2) is 29.9 Å². The molecule has 0 saturated carbocycles. The zero-order valence-electron chi connectivity index (χ0n) is 14.6. The molecule has 1 aromatic heterocycles. The van der Waals surface area contributed by atoms with E-state index in [4.69, 9.17) is 4.74 Å². The molecule has 132 valence electrons. The zero-order chi connectivity index (χ0) is 18.1. The minimum Gasteiger partial charge on any atom is -0.494 e. The summed E-state index contributed by atoms with van der Waals surface area (Å²) < 4.78 is 5.40. The fraction of sp³-hybridized carbons (Fsp3) is 0.316. The first kappa shape index (κ1) is 18.4. The highest BCUT2D eigenvalue weighted by atomic mass is 16.5.